The van der Waals surface area contributed by atoms with Gasteiger partial charge in [-0.15, -0.1) is 0 Å². The summed E-state index contributed by atoms with van der Waals surface area (Å²) in [5.41, 5.74) is 0. The fraction of sp³-hybridized carbons (Fsp3) is 0. The number of hydrogen-bond donors (Lipinski definition) is 1. The van der Waals surface area contributed by atoms with E-state index >= 15 is 0 Å². The zero-order valence-electron chi connectivity index (χ0n) is 5.77. The summed E-state index contributed by atoms with van der Waals surface area (Å²) >= 11 is 5.56. The average Bonchev–Trinajstić information content (AvgIpc) is 1.91. The van der Waals surface area contributed by atoms with Crippen LogP contribution in [-0.4, -0.2) is 13.0 Å². The van der Waals surface area contributed by atoms with Gasteiger partial charge in [0.15, 0.2) is 0 Å². The second kappa shape index (κ2) is 3.66. The SMILES string of the molecule is O=S(=O)(O)Sc1ccc(Cl)cc1. The van der Waals surface area contributed by atoms with Gasteiger partial charge < -0.3 is 0 Å². The van der Waals surface area contributed by atoms with E-state index < -0.39 is 9.15 Å². The molecule has 0 aliphatic rings. The van der Waals surface area contributed by atoms with Crippen LogP contribution in [0.4, 0.5) is 0 Å². The lowest BCUT2D eigenvalue weighted by Crippen LogP contribution is -1.88. The Morgan fingerprint density at radius 3 is 2.17 bits per heavy atom. The largest absolute Gasteiger partial charge is 0.324 e. The zero-order valence-corrected chi connectivity index (χ0v) is 8.16. The van der Waals surface area contributed by atoms with Crippen molar-refractivity contribution in [1.82, 2.24) is 0 Å². The van der Waals surface area contributed by atoms with Crippen molar-refractivity contribution in [2.45, 2.75) is 4.90 Å². The van der Waals surface area contributed by atoms with Crippen molar-refractivity contribution in [1.29, 1.82) is 0 Å². The molecule has 0 saturated carbocycles. The molecule has 0 aromatic heterocycles. The smallest absolute Gasteiger partial charge is 0.277 e. The molecule has 1 aromatic rings. The Bertz CT molecular complexity index is 357. The van der Waals surface area contributed by atoms with Crippen LogP contribution < -0.4 is 0 Å². The van der Waals surface area contributed by atoms with Crippen LogP contribution in [-0.2, 0) is 9.15 Å². The number of rotatable bonds is 2. The highest BCUT2D eigenvalue weighted by Crippen LogP contribution is 2.24. The van der Waals surface area contributed by atoms with Crippen molar-refractivity contribution in [2.75, 3.05) is 0 Å². The van der Waals surface area contributed by atoms with E-state index in [1.54, 1.807) is 12.1 Å². The molecule has 0 spiro atoms. The molecule has 66 valence electrons. The summed E-state index contributed by atoms with van der Waals surface area (Å²) < 4.78 is 29.2. The van der Waals surface area contributed by atoms with Crippen molar-refractivity contribution in [3.8, 4) is 0 Å². The molecule has 0 aliphatic heterocycles. The number of halogens is 1. The van der Waals surface area contributed by atoms with Gasteiger partial charge in [-0.25, -0.2) is 0 Å². The van der Waals surface area contributed by atoms with Crippen molar-refractivity contribution in [3.63, 3.8) is 0 Å². The normalized spacial score (nSPS) is 11.5. The fourth-order valence-electron chi connectivity index (χ4n) is 0.612. The van der Waals surface area contributed by atoms with Crippen LogP contribution in [0.15, 0.2) is 29.2 Å². The van der Waals surface area contributed by atoms with Crippen LogP contribution in [0.25, 0.3) is 0 Å². The van der Waals surface area contributed by atoms with Gasteiger partial charge in [-0.2, -0.15) is 8.42 Å². The second-order valence-corrected chi connectivity index (χ2v) is 5.66. The molecule has 0 atom stereocenters. The summed E-state index contributed by atoms with van der Waals surface area (Å²) in [6.45, 7) is 0. The van der Waals surface area contributed by atoms with Gasteiger partial charge in [0, 0.05) is 20.7 Å². The molecule has 1 aromatic carbocycles. The van der Waals surface area contributed by atoms with Crippen molar-refractivity contribution >= 4 is 31.5 Å². The third-order valence-corrected chi connectivity index (χ3v) is 3.15. The molecule has 0 fully saturated rings. The number of benzene rings is 1. The third-order valence-electron chi connectivity index (χ3n) is 1.02. The monoisotopic (exact) mass is 224 g/mol. The van der Waals surface area contributed by atoms with Gasteiger partial charge in [0.05, 0.1) is 0 Å². The molecule has 1 rings (SSSR count). The predicted octanol–water partition coefficient (Wildman–Crippen LogP) is 2.23. The minimum absolute atomic E-state index is 0.379. The molecule has 0 radical (unpaired) electrons. The maximum atomic E-state index is 10.4. The van der Waals surface area contributed by atoms with Crippen molar-refractivity contribution in [2.24, 2.45) is 0 Å². The van der Waals surface area contributed by atoms with E-state index in [4.69, 9.17) is 16.2 Å². The Kier molecular flexibility index (Phi) is 3.00. The zero-order chi connectivity index (χ0) is 9.19. The van der Waals surface area contributed by atoms with Crippen LogP contribution >= 0.6 is 22.4 Å². The standard InChI is InChI=1S/C6H5ClO3S2/c7-5-1-3-6(4-2-5)11-12(8,9)10/h1-4H,(H,8,9,10). The molecule has 12 heavy (non-hydrogen) atoms. The van der Waals surface area contributed by atoms with E-state index in [1.165, 1.54) is 12.1 Å². The fourth-order valence-corrected chi connectivity index (χ4v) is 2.29. The van der Waals surface area contributed by atoms with Crippen LogP contribution in [0, 0.1) is 0 Å². The van der Waals surface area contributed by atoms with E-state index in [1.807, 2.05) is 0 Å². The van der Waals surface area contributed by atoms with Gasteiger partial charge in [-0.05, 0) is 24.3 Å². The second-order valence-electron chi connectivity index (χ2n) is 1.96. The van der Waals surface area contributed by atoms with Gasteiger partial charge in [-0.1, -0.05) is 11.6 Å². The molecule has 0 amide bonds. The lowest BCUT2D eigenvalue weighted by molar-refractivity contribution is 0.503. The highest BCUT2D eigenvalue weighted by Gasteiger charge is 2.06. The van der Waals surface area contributed by atoms with Gasteiger partial charge in [0.2, 0.25) is 0 Å². The van der Waals surface area contributed by atoms with Crippen LogP contribution in [0.3, 0.4) is 0 Å². The molecular weight excluding hydrogens is 220 g/mol. The summed E-state index contributed by atoms with van der Waals surface area (Å²) in [5.74, 6) is 0. The highest BCUT2D eigenvalue weighted by molar-refractivity contribution is 8.69. The molecule has 0 saturated heterocycles. The number of hydrogen-bond acceptors (Lipinski definition) is 3. The minimum Gasteiger partial charge on any atom is -0.277 e. The van der Waals surface area contributed by atoms with E-state index in [2.05, 4.69) is 0 Å². The van der Waals surface area contributed by atoms with E-state index in [0.717, 1.165) is 0 Å². The molecule has 0 unspecified atom stereocenters. The summed E-state index contributed by atoms with van der Waals surface area (Å²) in [6, 6.07) is 6.13. The highest BCUT2D eigenvalue weighted by atomic mass is 35.5. The predicted molar refractivity (Wildman–Crippen MR) is 48.9 cm³/mol. The third kappa shape index (κ3) is 3.44. The average molecular weight is 225 g/mol. The molecule has 0 aliphatic carbocycles. The first-order chi connectivity index (χ1) is 5.47. The van der Waals surface area contributed by atoms with Gasteiger partial charge in [-0.3, -0.25) is 4.55 Å². The Balaban J connectivity index is 2.85. The van der Waals surface area contributed by atoms with E-state index in [0.29, 0.717) is 20.7 Å². The maximum absolute atomic E-state index is 10.4. The Hall–Kier alpha value is -0.230. The Morgan fingerprint density at radius 1 is 1.25 bits per heavy atom. The Morgan fingerprint density at radius 2 is 1.75 bits per heavy atom. The summed E-state index contributed by atoms with van der Waals surface area (Å²) in [7, 11) is -3.64. The van der Waals surface area contributed by atoms with E-state index in [9.17, 15) is 8.42 Å². The van der Waals surface area contributed by atoms with Gasteiger partial charge in [0.1, 0.15) is 0 Å². The lowest BCUT2D eigenvalue weighted by atomic mass is 10.4. The van der Waals surface area contributed by atoms with Crippen LogP contribution in [0.5, 0.6) is 0 Å². The maximum Gasteiger partial charge on any atom is 0.324 e. The van der Waals surface area contributed by atoms with E-state index in [-0.39, 0.29) is 0 Å². The summed E-state index contributed by atoms with van der Waals surface area (Å²) in [6.07, 6.45) is 0. The van der Waals surface area contributed by atoms with Gasteiger partial charge >= 0.3 is 9.15 Å². The minimum atomic E-state index is -4.02. The van der Waals surface area contributed by atoms with Crippen molar-refractivity contribution in [3.05, 3.63) is 29.3 Å². The molecule has 0 heterocycles. The van der Waals surface area contributed by atoms with Crippen LogP contribution in [0.1, 0.15) is 0 Å². The molecular formula is C6H5ClO3S2. The molecule has 0 bridgehead atoms. The topological polar surface area (TPSA) is 54.4 Å². The first kappa shape index (κ1) is 9.85. The summed E-state index contributed by atoms with van der Waals surface area (Å²) in [4.78, 5) is 0.432. The van der Waals surface area contributed by atoms with Gasteiger partial charge in [0.25, 0.3) is 0 Å². The van der Waals surface area contributed by atoms with Crippen LogP contribution in [0.2, 0.25) is 5.02 Å². The molecule has 1 N–H and O–H groups in total. The molecule has 6 heteroatoms. The molecule has 3 nitrogen and oxygen atoms in total. The lowest BCUT2D eigenvalue weighted by Gasteiger charge is -1.96. The Labute approximate surface area is 78.9 Å². The summed E-state index contributed by atoms with van der Waals surface area (Å²) in [5, 5.41) is 0.523. The first-order valence-electron chi connectivity index (χ1n) is 2.90. The quantitative estimate of drug-likeness (QED) is 0.618. The first-order valence-corrected chi connectivity index (χ1v) is 6.05. The van der Waals surface area contributed by atoms with Crippen molar-refractivity contribution < 1.29 is 13.0 Å².